The van der Waals surface area contributed by atoms with Gasteiger partial charge in [-0.3, -0.25) is 4.79 Å². The third-order valence-electron chi connectivity index (χ3n) is 3.41. The standard InChI is InChI=1S/C18H21NO2/c1-2-21-18(20)13-12-17(19)16-11-7-6-10-15(16)14-8-4-3-5-9-14/h3-11,17H,2,12-13,19H2,1H3. The first-order chi connectivity index (χ1) is 10.2. The van der Waals surface area contributed by atoms with E-state index in [1.165, 1.54) is 0 Å². The molecule has 0 saturated heterocycles. The van der Waals surface area contributed by atoms with Gasteiger partial charge in [0.2, 0.25) is 0 Å². The highest BCUT2D eigenvalue weighted by molar-refractivity contribution is 5.70. The average molecular weight is 283 g/mol. The average Bonchev–Trinajstić information content (AvgIpc) is 2.54. The van der Waals surface area contributed by atoms with Gasteiger partial charge >= 0.3 is 5.97 Å². The first-order valence-electron chi connectivity index (χ1n) is 7.28. The third kappa shape index (κ3) is 4.17. The van der Waals surface area contributed by atoms with Gasteiger partial charge in [-0.05, 0) is 30.0 Å². The van der Waals surface area contributed by atoms with Gasteiger partial charge in [0, 0.05) is 12.5 Å². The predicted octanol–water partition coefficient (Wildman–Crippen LogP) is 3.70. The van der Waals surface area contributed by atoms with E-state index in [1.54, 1.807) is 0 Å². The fraction of sp³-hybridized carbons (Fsp3) is 0.278. The molecule has 0 radical (unpaired) electrons. The van der Waals surface area contributed by atoms with E-state index in [4.69, 9.17) is 10.5 Å². The third-order valence-corrected chi connectivity index (χ3v) is 3.41. The van der Waals surface area contributed by atoms with Crippen LogP contribution in [0.1, 0.15) is 31.4 Å². The molecule has 0 bridgehead atoms. The minimum Gasteiger partial charge on any atom is -0.466 e. The van der Waals surface area contributed by atoms with E-state index in [1.807, 2.05) is 43.3 Å². The molecule has 0 aliphatic heterocycles. The van der Waals surface area contributed by atoms with Gasteiger partial charge in [-0.15, -0.1) is 0 Å². The molecule has 1 unspecified atom stereocenters. The highest BCUT2D eigenvalue weighted by atomic mass is 16.5. The van der Waals surface area contributed by atoms with Gasteiger partial charge in [-0.1, -0.05) is 54.6 Å². The van der Waals surface area contributed by atoms with Crippen LogP contribution in [-0.2, 0) is 9.53 Å². The van der Waals surface area contributed by atoms with Crippen molar-refractivity contribution in [1.82, 2.24) is 0 Å². The summed E-state index contributed by atoms with van der Waals surface area (Å²) >= 11 is 0. The van der Waals surface area contributed by atoms with Gasteiger partial charge in [0.1, 0.15) is 0 Å². The van der Waals surface area contributed by atoms with Crippen LogP contribution >= 0.6 is 0 Å². The molecule has 0 aliphatic rings. The van der Waals surface area contributed by atoms with Crippen LogP contribution in [-0.4, -0.2) is 12.6 Å². The molecule has 2 N–H and O–H groups in total. The van der Waals surface area contributed by atoms with Gasteiger partial charge in [0.25, 0.3) is 0 Å². The maximum Gasteiger partial charge on any atom is 0.305 e. The number of ether oxygens (including phenoxy) is 1. The minimum absolute atomic E-state index is 0.175. The Morgan fingerprint density at radius 3 is 2.48 bits per heavy atom. The molecule has 110 valence electrons. The molecule has 3 nitrogen and oxygen atoms in total. The SMILES string of the molecule is CCOC(=O)CCC(N)c1ccccc1-c1ccccc1. The van der Waals surface area contributed by atoms with E-state index in [0.29, 0.717) is 19.4 Å². The monoisotopic (exact) mass is 283 g/mol. The lowest BCUT2D eigenvalue weighted by molar-refractivity contribution is -0.143. The first-order valence-corrected chi connectivity index (χ1v) is 7.28. The lowest BCUT2D eigenvalue weighted by Gasteiger charge is -2.16. The van der Waals surface area contributed by atoms with Gasteiger partial charge in [0.05, 0.1) is 6.61 Å². The van der Waals surface area contributed by atoms with Crippen molar-refractivity contribution in [2.45, 2.75) is 25.8 Å². The second-order valence-electron chi connectivity index (χ2n) is 4.90. The van der Waals surface area contributed by atoms with Crippen LogP contribution < -0.4 is 5.73 Å². The molecule has 0 heterocycles. The lowest BCUT2D eigenvalue weighted by Crippen LogP contribution is -2.14. The maximum atomic E-state index is 11.5. The number of benzene rings is 2. The van der Waals surface area contributed by atoms with Gasteiger partial charge in [-0.2, -0.15) is 0 Å². The zero-order valence-corrected chi connectivity index (χ0v) is 12.3. The number of hydrogen-bond donors (Lipinski definition) is 1. The molecule has 0 spiro atoms. The van der Waals surface area contributed by atoms with E-state index in [9.17, 15) is 4.79 Å². The summed E-state index contributed by atoms with van der Waals surface area (Å²) in [6.45, 7) is 2.22. The summed E-state index contributed by atoms with van der Waals surface area (Å²) in [4.78, 5) is 11.5. The van der Waals surface area contributed by atoms with Crippen LogP contribution in [0.4, 0.5) is 0 Å². The zero-order valence-electron chi connectivity index (χ0n) is 12.3. The van der Waals surface area contributed by atoms with E-state index in [2.05, 4.69) is 18.2 Å². The second-order valence-corrected chi connectivity index (χ2v) is 4.90. The van der Waals surface area contributed by atoms with Crippen molar-refractivity contribution in [2.24, 2.45) is 5.73 Å². The highest BCUT2D eigenvalue weighted by Crippen LogP contribution is 2.29. The van der Waals surface area contributed by atoms with E-state index < -0.39 is 0 Å². The van der Waals surface area contributed by atoms with Gasteiger partial charge in [-0.25, -0.2) is 0 Å². The van der Waals surface area contributed by atoms with Crippen molar-refractivity contribution in [2.75, 3.05) is 6.61 Å². The normalized spacial score (nSPS) is 11.9. The molecule has 2 rings (SSSR count). The van der Waals surface area contributed by atoms with Crippen molar-refractivity contribution < 1.29 is 9.53 Å². The summed E-state index contributed by atoms with van der Waals surface area (Å²) < 4.78 is 4.95. The maximum absolute atomic E-state index is 11.5. The molecular formula is C18H21NO2. The highest BCUT2D eigenvalue weighted by Gasteiger charge is 2.14. The van der Waals surface area contributed by atoms with Crippen molar-refractivity contribution in [3.05, 3.63) is 60.2 Å². The van der Waals surface area contributed by atoms with Crippen LogP contribution in [0.5, 0.6) is 0 Å². The summed E-state index contributed by atoms with van der Waals surface area (Å²) in [5, 5.41) is 0. The molecular weight excluding hydrogens is 262 g/mol. The number of nitrogens with two attached hydrogens (primary N) is 1. The Morgan fingerprint density at radius 2 is 1.76 bits per heavy atom. The number of carbonyl (C=O) groups excluding carboxylic acids is 1. The van der Waals surface area contributed by atoms with Crippen LogP contribution in [0.15, 0.2) is 54.6 Å². The van der Waals surface area contributed by atoms with E-state index in [0.717, 1.165) is 16.7 Å². The Labute approximate surface area is 125 Å². The Bertz CT molecular complexity index is 581. The molecule has 0 amide bonds. The van der Waals surface area contributed by atoms with E-state index >= 15 is 0 Å². The first kappa shape index (κ1) is 15.3. The second kappa shape index (κ2) is 7.60. The quantitative estimate of drug-likeness (QED) is 0.822. The van der Waals surface area contributed by atoms with Crippen molar-refractivity contribution >= 4 is 5.97 Å². The Hall–Kier alpha value is -2.13. The molecule has 2 aromatic carbocycles. The number of hydrogen-bond acceptors (Lipinski definition) is 3. The van der Waals surface area contributed by atoms with E-state index in [-0.39, 0.29) is 12.0 Å². The Morgan fingerprint density at radius 1 is 1.10 bits per heavy atom. The molecule has 1 atom stereocenters. The molecule has 2 aromatic rings. The van der Waals surface area contributed by atoms with Crippen LogP contribution in [0.3, 0.4) is 0 Å². The van der Waals surface area contributed by atoms with Gasteiger partial charge in [0.15, 0.2) is 0 Å². The Kier molecular flexibility index (Phi) is 5.52. The molecule has 3 heteroatoms. The summed E-state index contributed by atoms with van der Waals surface area (Å²) in [6, 6.07) is 18.0. The van der Waals surface area contributed by atoms with Crippen LogP contribution in [0, 0.1) is 0 Å². The minimum atomic E-state index is -0.190. The lowest BCUT2D eigenvalue weighted by atomic mass is 9.93. The van der Waals surface area contributed by atoms with Gasteiger partial charge < -0.3 is 10.5 Å². The molecule has 0 aliphatic carbocycles. The molecule has 0 aromatic heterocycles. The summed E-state index contributed by atoms with van der Waals surface area (Å²) in [6.07, 6.45) is 0.931. The van der Waals surface area contributed by atoms with Crippen molar-refractivity contribution in [1.29, 1.82) is 0 Å². The van der Waals surface area contributed by atoms with Crippen molar-refractivity contribution in [3.8, 4) is 11.1 Å². The topological polar surface area (TPSA) is 52.3 Å². The molecule has 21 heavy (non-hydrogen) atoms. The van der Waals surface area contributed by atoms with Crippen LogP contribution in [0.2, 0.25) is 0 Å². The molecule has 0 saturated carbocycles. The summed E-state index contributed by atoms with van der Waals surface area (Å²) in [7, 11) is 0. The van der Waals surface area contributed by atoms with Crippen LogP contribution in [0.25, 0.3) is 11.1 Å². The summed E-state index contributed by atoms with van der Waals surface area (Å²) in [5.41, 5.74) is 9.59. The predicted molar refractivity (Wildman–Crippen MR) is 84.7 cm³/mol. The zero-order chi connectivity index (χ0) is 15.1. The fourth-order valence-electron chi connectivity index (χ4n) is 2.36. The number of carbonyl (C=O) groups is 1. The Balaban J connectivity index is 2.14. The number of rotatable bonds is 6. The molecule has 0 fully saturated rings. The van der Waals surface area contributed by atoms with Crippen molar-refractivity contribution in [3.63, 3.8) is 0 Å². The number of esters is 1. The fourth-order valence-corrected chi connectivity index (χ4v) is 2.36. The summed E-state index contributed by atoms with van der Waals surface area (Å²) in [5.74, 6) is -0.190. The largest absolute Gasteiger partial charge is 0.466 e. The smallest absolute Gasteiger partial charge is 0.305 e.